The van der Waals surface area contributed by atoms with E-state index in [2.05, 4.69) is 39.6 Å². The van der Waals surface area contributed by atoms with Crippen LogP contribution < -0.4 is 10.6 Å². The highest BCUT2D eigenvalue weighted by Crippen LogP contribution is 2.15. The zero-order valence-electron chi connectivity index (χ0n) is 13.8. The second-order valence-corrected chi connectivity index (χ2v) is 4.84. The molecule has 0 atom stereocenters. The van der Waals surface area contributed by atoms with Crippen molar-refractivity contribution in [1.29, 1.82) is 0 Å². The molecule has 0 radical (unpaired) electrons. The van der Waals surface area contributed by atoms with E-state index in [1.165, 1.54) is 0 Å². The Morgan fingerprint density at radius 3 is 2.57 bits per heavy atom. The highest BCUT2D eigenvalue weighted by molar-refractivity contribution is 14.0. The Hall–Kier alpha value is -1.64. The fourth-order valence-corrected chi connectivity index (χ4v) is 2.21. The zero-order chi connectivity index (χ0) is 15.8. The van der Waals surface area contributed by atoms with E-state index in [4.69, 9.17) is 4.52 Å². The van der Waals surface area contributed by atoms with Crippen molar-refractivity contribution in [2.45, 2.75) is 39.8 Å². The minimum absolute atomic E-state index is 0. The van der Waals surface area contributed by atoms with Crippen LogP contribution in [-0.4, -0.2) is 23.1 Å². The van der Waals surface area contributed by atoms with Crippen LogP contribution in [0.1, 0.15) is 36.6 Å². The van der Waals surface area contributed by atoms with Crippen LogP contribution in [0.2, 0.25) is 0 Å². The summed E-state index contributed by atoms with van der Waals surface area (Å²) in [6, 6.07) is 5.85. The first-order chi connectivity index (χ1) is 10.8. The maximum absolute atomic E-state index is 5.37. The summed E-state index contributed by atoms with van der Waals surface area (Å²) in [5.74, 6) is 1.67. The predicted molar refractivity (Wildman–Crippen MR) is 102 cm³/mol. The van der Waals surface area contributed by atoms with Gasteiger partial charge in [-0.3, -0.25) is 9.98 Å². The number of aromatic nitrogens is 2. The number of hydrogen-bond acceptors (Lipinski definition) is 4. The van der Waals surface area contributed by atoms with E-state index >= 15 is 0 Å². The topological polar surface area (TPSA) is 75.3 Å². The molecule has 0 aliphatic carbocycles. The summed E-state index contributed by atoms with van der Waals surface area (Å²) in [6.45, 7) is 5.43. The Morgan fingerprint density at radius 1 is 1.17 bits per heavy atom. The minimum atomic E-state index is 0. The summed E-state index contributed by atoms with van der Waals surface area (Å²) in [6.07, 6.45) is 3.48. The first-order valence-electron chi connectivity index (χ1n) is 7.59. The van der Waals surface area contributed by atoms with E-state index in [1.807, 2.05) is 18.2 Å². The lowest BCUT2D eigenvalue weighted by atomic mass is 10.1. The number of aryl methyl sites for hydroxylation is 2. The van der Waals surface area contributed by atoms with E-state index in [1.54, 1.807) is 13.2 Å². The van der Waals surface area contributed by atoms with Gasteiger partial charge in [0.15, 0.2) is 5.96 Å². The molecule has 0 aromatic carbocycles. The molecule has 0 saturated heterocycles. The van der Waals surface area contributed by atoms with Crippen LogP contribution in [0.25, 0.3) is 0 Å². The lowest BCUT2D eigenvalue weighted by Crippen LogP contribution is -2.36. The van der Waals surface area contributed by atoms with Crippen molar-refractivity contribution in [3.8, 4) is 0 Å². The SMILES string of the molecule is CCc1noc(CC)c1CNC(=NC)NCc1ccccn1.I. The lowest BCUT2D eigenvalue weighted by Gasteiger charge is -2.11. The Labute approximate surface area is 154 Å². The molecule has 6 nitrogen and oxygen atoms in total. The molecule has 0 amide bonds. The van der Waals surface area contributed by atoms with E-state index < -0.39 is 0 Å². The maximum atomic E-state index is 5.37. The summed E-state index contributed by atoms with van der Waals surface area (Å²) in [4.78, 5) is 8.51. The monoisotopic (exact) mass is 429 g/mol. The van der Waals surface area contributed by atoms with E-state index in [9.17, 15) is 0 Å². The smallest absolute Gasteiger partial charge is 0.191 e. The van der Waals surface area contributed by atoms with Crippen molar-refractivity contribution in [3.05, 3.63) is 47.1 Å². The molecule has 0 unspecified atom stereocenters. The zero-order valence-corrected chi connectivity index (χ0v) is 16.1. The summed E-state index contributed by atoms with van der Waals surface area (Å²) < 4.78 is 5.37. The highest BCUT2D eigenvalue weighted by Gasteiger charge is 2.13. The first-order valence-corrected chi connectivity index (χ1v) is 7.59. The van der Waals surface area contributed by atoms with Crippen LogP contribution >= 0.6 is 24.0 Å². The van der Waals surface area contributed by atoms with Gasteiger partial charge in [-0.25, -0.2) is 0 Å². The standard InChI is InChI=1S/C16H23N5O.HI/c1-4-14-13(15(5-2)22-21-14)11-20-16(17-3)19-10-12-8-6-7-9-18-12;/h6-9H,4-5,10-11H2,1-3H3,(H2,17,19,20);1H. The van der Waals surface area contributed by atoms with Gasteiger partial charge in [-0.1, -0.05) is 25.1 Å². The van der Waals surface area contributed by atoms with Crippen LogP contribution in [0.15, 0.2) is 33.9 Å². The van der Waals surface area contributed by atoms with Gasteiger partial charge in [-0.05, 0) is 18.6 Å². The largest absolute Gasteiger partial charge is 0.361 e. The quantitative estimate of drug-likeness (QED) is 0.420. The predicted octanol–water partition coefficient (Wildman–Crippen LogP) is 2.68. The Balaban J connectivity index is 0.00000264. The molecule has 2 aromatic rings. The molecule has 0 bridgehead atoms. The molecule has 2 aromatic heterocycles. The maximum Gasteiger partial charge on any atom is 0.191 e. The van der Waals surface area contributed by atoms with Crippen LogP contribution in [0, 0.1) is 0 Å². The van der Waals surface area contributed by atoms with Crippen molar-refractivity contribution >= 4 is 29.9 Å². The van der Waals surface area contributed by atoms with Crippen molar-refractivity contribution in [3.63, 3.8) is 0 Å². The lowest BCUT2D eigenvalue weighted by molar-refractivity contribution is 0.380. The van der Waals surface area contributed by atoms with Gasteiger partial charge in [0.1, 0.15) is 5.76 Å². The number of aliphatic imine (C=N–C) groups is 1. The molecule has 7 heteroatoms. The number of hydrogen-bond donors (Lipinski definition) is 2. The van der Waals surface area contributed by atoms with Crippen molar-refractivity contribution in [2.75, 3.05) is 7.05 Å². The molecule has 126 valence electrons. The van der Waals surface area contributed by atoms with Gasteiger partial charge in [0.25, 0.3) is 0 Å². The van der Waals surface area contributed by atoms with Gasteiger partial charge >= 0.3 is 0 Å². The number of nitrogens with one attached hydrogen (secondary N) is 2. The Bertz CT molecular complexity index is 591. The van der Waals surface area contributed by atoms with E-state index in [0.717, 1.165) is 41.5 Å². The van der Waals surface area contributed by atoms with Crippen LogP contribution in [0.4, 0.5) is 0 Å². The van der Waals surface area contributed by atoms with Crippen molar-refractivity contribution < 1.29 is 4.52 Å². The average Bonchev–Trinajstić information content (AvgIpc) is 2.98. The van der Waals surface area contributed by atoms with Crippen molar-refractivity contribution in [1.82, 2.24) is 20.8 Å². The Kier molecular flexibility index (Phi) is 8.60. The number of pyridine rings is 1. The Morgan fingerprint density at radius 2 is 1.96 bits per heavy atom. The van der Waals surface area contributed by atoms with Gasteiger partial charge in [0.2, 0.25) is 0 Å². The fraction of sp³-hybridized carbons (Fsp3) is 0.438. The fourth-order valence-electron chi connectivity index (χ4n) is 2.21. The van der Waals surface area contributed by atoms with E-state index in [-0.39, 0.29) is 24.0 Å². The third-order valence-electron chi connectivity index (χ3n) is 3.43. The molecule has 0 saturated carbocycles. The molecule has 2 heterocycles. The molecule has 0 aliphatic heterocycles. The first kappa shape index (κ1) is 19.4. The molecular formula is C16H24IN5O. The molecule has 23 heavy (non-hydrogen) atoms. The van der Waals surface area contributed by atoms with Crippen LogP contribution in [-0.2, 0) is 25.9 Å². The van der Waals surface area contributed by atoms with Gasteiger partial charge in [0.05, 0.1) is 17.9 Å². The van der Waals surface area contributed by atoms with Gasteiger partial charge < -0.3 is 15.2 Å². The summed E-state index contributed by atoms with van der Waals surface area (Å²) in [5.41, 5.74) is 3.11. The second kappa shape index (κ2) is 10.2. The van der Waals surface area contributed by atoms with Crippen LogP contribution in [0.3, 0.4) is 0 Å². The van der Waals surface area contributed by atoms with Crippen LogP contribution in [0.5, 0.6) is 0 Å². The second-order valence-electron chi connectivity index (χ2n) is 4.84. The molecule has 0 aliphatic rings. The third kappa shape index (κ3) is 5.49. The summed E-state index contributed by atoms with van der Waals surface area (Å²) in [7, 11) is 1.75. The number of rotatable bonds is 6. The molecule has 2 N–H and O–H groups in total. The number of halogens is 1. The molecule has 0 spiro atoms. The van der Waals surface area contributed by atoms with E-state index in [0.29, 0.717) is 13.1 Å². The van der Waals surface area contributed by atoms with Gasteiger partial charge in [-0.15, -0.1) is 24.0 Å². The summed E-state index contributed by atoms with van der Waals surface area (Å²) >= 11 is 0. The molecular weight excluding hydrogens is 405 g/mol. The normalized spacial score (nSPS) is 11.0. The molecule has 0 fully saturated rings. The summed E-state index contributed by atoms with van der Waals surface area (Å²) in [5, 5.41) is 10.7. The van der Waals surface area contributed by atoms with Gasteiger partial charge in [0, 0.05) is 31.8 Å². The number of guanidine groups is 1. The third-order valence-corrected chi connectivity index (χ3v) is 3.43. The number of nitrogens with zero attached hydrogens (tertiary/aromatic N) is 3. The molecule has 2 rings (SSSR count). The van der Waals surface area contributed by atoms with Crippen molar-refractivity contribution in [2.24, 2.45) is 4.99 Å². The highest BCUT2D eigenvalue weighted by atomic mass is 127. The van der Waals surface area contributed by atoms with Gasteiger partial charge in [-0.2, -0.15) is 0 Å². The average molecular weight is 429 g/mol. The minimum Gasteiger partial charge on any atom is -0.361 e.